The van der Waals surface area contributed by atoms with Gasteiger partial charge >= 0.3 is 0 Å². The van der Waals surface area contributed by atoms with Gasteiger partial charge in [-0.2, -0.15) is 0 Å². The van der Waals surface area contributed by atoms with E-state index in [2.05, 4.69) is 10.0 Å². The van der Waals surface area contributed by atoms with E-state index in [-0.39, 0.29) is 22.9 Å². The van der Waals surface area contributed by atoms with Crippen LogP contribution in [0.1, 0.15) is 62.6 Å². The van der Waals surface area contributed by atoms with Gasteiger partial charge in [0.25, 0.3) is 0 Å². The van der Waals surface area contributed by atoms with E-state index in [4.69, 9.17) is 0 Å². The summed E-state index contributed by atoms with van der Waals surface area (Å²) < 4.78 is 27.9. The predicted octanol–water partition coefficient (Wildman–Crippen LogP) is 4.11. The van der Waals surface area contributed by atoms with Crippen LogP contribution in [0.3, 0.4) is 0 Å². The van der Waals surface area contributed by atoms with Crippen molar-refractivity contribution in [2.24, 2.45) is 0 Å². The number of aryl methyl sites for hydroxylation is 1. The van der Waals surface area contributed by atoms with Crippen molar-refractivity contribution in [2.75, 3.05) is 0 Å². The maximum absolute atomic E-state index is 12.6. The highest BCUT2D eigenvalue weighted by Gasteiger charge is 2.21. The van der Waals surface area contributed by atoms with Crippen molar-refractivity contribution in [1.82, 2.24) is 10.0 Å². The fraction of sp³-hybridized carbons (Fsp3) is 0.435. The van der Waals surface area contributed by atoms with E-state index in [0.717, 1.165) is 36.8 Å². The second-order valence-electron chi connectivity index (χ2n) is 7.80. The van der Waals surface area contributed by atoms with Gasteiger partial charge in [-0.25, -0.2) is 13.1 Å². The van der Waals surface area contributed by atoms with Crippen molar-refractivity contribution in [3.63, 3.8) is 0 Å². The molecule has 29 heavy (non-hydrogen) atoms. The summed E-state index contributed by atoms with van der Waals surface area (Å²) >= 11 is 0. The lowest BCUT2D eigenvalue weighted by Crippen LogP contribution is -2.36. The molecule has 2 aromatic carbocycles. The van der Waals surface area contributed by atoms with Crippen molar-refractivity contribution in [3.8, 4) is 0 Å². The van der Waals surface area contributed by atoms with Crippen LogP contribution in [0.15, 0.2) is 59.5 Å². The average Bonchev–Trinajstić information content (AvgIpc) is 2.73. The molecule has 3 rings (SSSR count). The van der Waals surface area contributed by atoms with Crippen LogP contribution in [-0.4, -0.2) is 20.4 Å². The lowest BCUT2D eigenvalue weighted by molar-refractivity contribution is -0.121. The topological polar surface area (TPSA) is 75.3 Å². The number of carbonyl (C=O) groups is 1. The quantitative estimate of drug-likeness (QED) is 0.683. The van der Waals surface area contributed by atoms with E-state index in [0.29, 0.717) is 12.8 Å². The van der Waals surface area contributed by atoms with Crippen LogP contribution in [0, 0.1) is 0 Å². The van der Waals surface area contributed by atoms with Crippen molar-refractivity contribution in [3.05, 3.63) is 65.7 Å². The number of nitrogens with one attached hydrogen (secondary N) is 2. The third kappa shape index (κ3) is 6.41. The molecule has 0 aromatic heterocycles. The van der Waals surface area contributed by atoms with E-state index in [1.54, 1.807) is 24.3 Å². The first-order chi connectivity index (χ1) is 13.9. The second-order valence-corrected chi connectivity index (χ2v) is 9.51. The van der Waals surface area contributed by atoms with E-state index in [9.17, 15) is 13.2 Å². The maximum atomic E-state index is 12.6. The molecular formula is C23H30N2O3S. The fourth-order valence-corrected chi connectivity index (χ4v) is 5.04. The van der Waals surface area contributed by atoms with Crippen LogP contribution in [0.4, 0.5) is 0 Å². The highest BCUT2D eigenvalue weighted by Crippen LogP contribution is 2.20. The van der Waals surface area contributed by atoms with Gasteiger partial charge in [-0.1, -0.05) is 61.7 Å². The molecular weight excluding hydrogens is 384 g/mol. The molecule has 0 saturated heterocycles. The van der Waals surface area contributed by atoms with Gasteiger partial charge in [0.15, 0.2) is 0 Å². The first-order valence-electron chi connectivity index (χ1n) is 10.4. The van der Waals surface area contributed by atoms with E-state index >= 15 is 0 Å². The number of carbonyl (C=O) groups excluding carboxylic acids is 1. The molecule has 1 saturated carbocycles. The molecule has 0 radical (unpaired) electrons. The summed E-state index contributed by atoms with van der Waals surface area (Å²) in [6.45, 7) is 1.96. The highest BCUT2D eigenvalue weighted by atomic mass is 32.2. The third-order valence-electron chi connectivity index (χ3n) is 5.48. The number of amides is 1. The minimum atomic E-state index is -3.48. The van der Waals surface area contributed by atoms with Gasteiger partial charge < -0.3 is 5.32 Å². The minimum Gasteiger partial charge on any atom is -0.350 e. The maximum Gasteiger partial charge on any atom is 0.240 e. The molecule has 6 heteroatoms. The van der Waals surface area contributed by atoms with Crippen LogP contribution in [0.2, 0.25) is 0 Å². The molecule has 0 aliphatic heterocycles. The Morgan fingerprint density at radius 3 is 2.31 bits per heavy atom. The Balaban J connectivity index is 1.50. The Morgan fingerprint density at radius 1 is 1.00 bits per heavy atom. The van der Waals surface area contributed by atoms with Gasteiger partial charge in [-0.3, -0.25) is 4.79 Å². The number of hydrogen-bond donors (Lipinski definition) is 2. The van der Waals surface area contributed by atoms with Gasteiger partial charge in [0.05, 0.1) is 10.9 Å². The van der Waals surface area contributed by atoms with E-state index in [1.807, 2.05) is 37.3 Å². The predicted molar refractivity (Wildman–Crippen MR) is 115 cm³/mol. The largest absolute Gasteiger partial charge is 0.350 e. The van der Waals surface area contributed by atoms with Gasteiger partial charge in [-0.15, -0.1) is 0 Å². The van der Waals surface area contributed by atoms with Gasteiger partial charge in [0.2, 0.25) is 15.9 Å². The number of rotatable bonds is 8. The van der Waals surface area contributed by atoms with Gasteiger partial charge in [0.1, 0.15) is 0 Å². The molecule has 1 fully saturated rings. The summed E-state index contributed by atoms with van der Waals surface area (Å²) in [4.78, 5) is 12.5. The Labute approximate surface area is 174 Å². The molecule has 0 spiro atoms. The standard InChI is InChI=1S/C23H30N2O3S/c1-18(20-8-4-2-5-9-20)24-23(26)17-14-19-12-15-22(16-13-19)29(27,28)25-21-10-6-3-7-11-21/h2,4-5,8-9,12-13,15-16,18,21,25H,3,6-7,10-11,14,17H2,1H3,(H,24,26)/t18-/m1/s1. The molecule has 1 atom stereocenters. The first kappa shape index (κ1) is 21.5. The first-order valence-corrected chi connectivity index (χ1v) is 11.9. The van der Waals surface area contributed by atoms with Crippen molar-refractivity contribution >= 4 is 15.9 Å². The number of hydrogen-bond acceptors (Lipinski definition) is 3. The fourth-order valence-electron chi connectivity index (χ4n) is 3.74. The smallest absolute Gasteiger partial charge is 0.240 e. The summed E-state index contributed by atoms with van der Waals surface area (Å²) in [5.74, 6) is -0.0167. The van der Waals surface area contributed by atoms with E-state index < -0.39 is 10.0 Å². The zero-order valence-corrected chi connectivity index (χ0v) is 17.8. The normalized spacial score (nSPS) is 16.3. The van der Waals surface area contributed by atoms with Crippen LogP contribution < -0.4 is 10.0 Å². The SMILES string of the molecule is C[C@@H](NC(=O)CCc1ccc(S(=O)(=O)NC2CCCCC2)cc1)c1ccccc1. The average molecular weight is 415 g/mol. The Hall–Kier alpha value is -2.18. The molecule has 0 bridgehead atoms. The Bertz CT molecular complexity index is 889. The summed E-state index contributed by atoms with van der Waals surface area (Å²) in [6.07, 6.45) is 6.10. The number of benzene rings is 2. The zero-order chi connectivity index (χ0) is 20.7. The van der Waals surface area contributed by atoms with Gasteiger partial charge in [-0.05, 0) is 49.4 Å². The Morgan fingerprint density at radius 2 is 1.66 bits per heavy atom. The van der Waals surface area contributed by atoms with Gasteiger partial charge in [0, 0.05) is 12.5 Å². The van der Waals surface area contributed by atoms with Crippen LogP contribution in [0.25, 0.3) is 0 Å². The summed E-state index contributed by atoms with van der Waals surface area (Å²) in [7, 11) is -3.48. The molecule has 2 N–H and O–H groups in total. The molecule has 1 amide bonds. The van der Waals surface area contributed by atoms with Crippen LogP contribution >= 0.6 is 0 Å². The molecule has 2 aromatic rings. The van der Waals surface area contributed by atoms with Crippen LogP contribution in [0.5, 0.6) is 0 Å². The van der Waals surface area contributed by atoms with Crippen molar-refractivity contribution in [1.29, 1.82) is 0 Å². The molecule has 5 nitrogen and oxygen atoms in total. The monoisotopic (exact) mass is 414 g/mol. The van der Waals surface area contributed by atoms with E-state index in [1.165, 1.54) is 6.42 Å². The molecule has 0 heterocycles. The summed E-state index contributed by atoms with van der Waals surface area (Å²) in [5, 5.41) is 3.00. The molecule has 1 aliphatic carbocycles. The number of sulfonamides is 1. The highest BCUT2D eigenvalue weighted by molar-refractivity contribution is 7.89. The molecule has 0 unspecified atom stereocenters. The minimum absolute atomic E-state index is 0.0167. The summed E-state index contributed by atoms with van der Waals surface area (Å²) in [6, 6.07) is 16.7. The molecule has 156 valence electrons. The van der Waals surface area contributed by atoms with Crippen molar-refractivity contribution in [2.45, 2.75) is 68.8 Å². The van der Waals surface area contributed by atoms with Crippen molar-refractivity contribution < 1.29 is 13.2 Å². The van der Waals surface area contributed by atoms with Crippen LogP contribution in [-0.2, 0) is 21.2 Å². The third-order valence-corrected chi connectivity index (χ3v) is 7.01. The summed E-state index contributed by atoms with van der Waals surface area (Å²) in [5.41, 5.74) is 2.02. The second kappa shape index (κ2) is 10.0. The lowest BCUT2D eigenvalue weighted by atomic mass is 9.96. The zero-order valence-electron chi connectivity index (χ0n) is 16.9. The Kier molecular flexibility index (Phi) is 7.45. The molecule has 1 aliphatic rings. The lowest BCUT2D eigenvalue weighted by Gasteiger charge is -2.22.